The molecule has 1 aliphatic rings. The third-order valence-corrected chi connectivity index (χ3v) is 4.37. The zero-order chi connectivity index (χ0) is 16.1. The van der Waals surface area contributed by atoms with E-state index in [2.05, 4.69) is 5.32 Å². The number of carbonyl (C=O) groups is 2. The van der Waals surface area contributed by atoms with Gasteiger partial charge in [0.15, 0.2) is 0 Å². The molecule has 0 heterocycles. The number of amides is 1. The van der Waals surface area contributed by atoms with Crippen molar-refractivity contribution in [1.29, 1.82) is 0 Å². The Morgan fingerprint density at radius 3 is 2.59 bits per heavy atom. The molecule has 5 heteroatoms. The molecule has 1 aliphatic carbocycles. The predicted octanol–water partition coefficient (Wildman–Crippen LogP) is 2.76. The van der Waals surface area contributed by atoms with Crippen LogP contribution < -0.4 is 10.1 Å². The Hall–Kier alpha value is -2.04. The summed E-state index contributed by atoms with van der Waals surface area (Å²) in [5, 5.41) is 12.2. The van der Waals surface area contributed by atoms with Crippen molar-refractivity contribution in [3.05, 3.63) is 29.8 Å². The first-order valence-electron chi connectivity index (χ1n) is 7.70. The highest BCUT2D eigenvalue weighted by atomic mass is 16.5. The fourth-order valence-electron chi connectivity index (χ4n) is 3.05. The minimum Gasteiger partial charge on any atom is -0.497 e. The van der Waals surface area contributed by atoms with Crippen LogP contribution in [0.25, 0.3) is 0 Å². The quantitative estimate of drug-likeness (QED) is 0.877. The maximum atomic E-state index is 12.4. The van der Waals surface area contributed by atoms with Crippen molar-refractivity contribution < 1.29 is 19.4 Å². The first-order chi connectivity index (χ1) is 10.5. The molecule has 0 radical (unpaired) electrons. The van der Waals surface area contributed by atoms with Crippen molar-refractivity contribution in [2.75, 3.05) is 7.11 Å². The Balaban J connectivity index is 2.04. The number of nitrogens with one attached hydrogen (secondary N) is 1. The maximum Gasteiger partial charge on any atom is 0.307 e. The molecule has 0 aromatic heterocycles. The number of hydrogen-bond acceptors (Lipinski definition) is 3. The van der Waals surface area contributed by atoms with Gasteiger partial charge in [-0.1, -0.05) is 25.0 Å². The summed E-state index contributed by atoms with van der Waals surface area (Å²) in [5.41, 5.74) is 0.940. The van der Waals surface area contributed by atoms with Crippen LogP contribution in [0.2, 0.25) is 0 Å². The van der Waals surface area contributed by atoms with Crippen LogP contribution >= 0.6 is 0 Å². The molecule has 120 valence electrons. The highest BCUT2D eigenvalue weighted by Crippen LogP contribution is 2.31. The van der Waals surface area contributed by atoms with E-state index in [1.54, 1.807) is 7.11 Å². The van der Waals surface area contributed by atoms with E-state index in [-0.39, 0.29) is 11.9 Å². The molecule has 1 amide bonds. The minimum atomic E-state index is -0.867. The molecule has 0 unspecified atom stereocenters. The molecule has 3 atom stereocenters. The number of rotatable bonds is 5. The lowest BCUT2D eigenvalue weighted by Gasteiger charge is -2.28. The SMILES string of the molecule is COc1cccc([C@H](C)NC(=O)[C@H]2CCCC[C@@H]2C(=O)O)c1. The standard InChI is InChI=1S/C17H23NO4/c1-11(12-6-5-7-13(10-12)22-2)18-16(19)14-8-3-4-9-15(14)17(20)21/h5-7,10-11,14-15H,3-4,8-9H2,1-2H3,(H,18,19)(H,20,21)/t11-,14-,15-/m0/s1. The van der Waals surface area contributed by atoms with Gasteiger partial charge in [0.25, 0.3) is 0 Å². The van der Waals surface area contributed by atoms with Crippen molar-refractivity contribution in [2.45, 2.75) is 38.6 Å². The van der Waals surface area contributed by atoms with E-state index < -0.39 is 17.8 Å². The second kappa shape index (κ2) is 7.29. The van der Waals surface area contributed by atoms with Crippen molar-refractivity contribution in [2.24, 2.45) is 11.8 Å². The predicted molar refractivity (Wildman–Crippen MR) is 82.6 cm³/mol. The third kappa shape index (κ3) is 3.78. The van der Waals surface area contributed by atoms with E-state index in [4.69, 9.17) is 4.74 Å². The molecule has 0 spiro atoms. The van der Waals surface area contributed by atoms with Crippen molar-refractivity contribution in [3.8, 4) is 5.75 Å². The largest absolute Gasteiger partial charge is 0.497 e. The van der Waals surface area contributed by atoms with Crippen LogP contribution in [0.5, 0.6) is 5.75 Å². The summed E-state index contributed by atoms with van der Waals surface area (Å²) < 4.78 is 5.18. The Labute approximate surface area is 130 Å². The van der Waals surface area contributed by atoms with E-state index >= 15 is 0 Å². The van der Waals surface area contributed by atoms with Gasteiger partial charge in [0, 0.05) is 0 Å². The van der Waals surface area contributed by atoms with Crippen molar-refractivity contribution >= 4 is 11.9 Å². The lowest BCUT2D eigenvalue weighted by Crippen LogP contribution is -2.40. The summed E-state index contributed by atoms with van der Waals surface area (Å²) in [5.74, 6) is -1.29. The maximum absolute atomic E-state index is 12.4. The zero-order valence-electron chi connectivity index (χ0n) is 13.0. The number of carboxylic acid groups (broad SMARTS) is 1. The van der Waals surface area contributed by atoms with Gasteiger partial charge in [0.2, 0.25) is 5.91 Å². The summed E-state index contributed by atoms with van der Waals surface area (Å²) >= 11 is 0. The van der Waals surface area contributed by atoms with E-state index in [0.717, 1.165) is 24.2 Å². The van der Waals surface area contributed by atoms with E-state index in [9.17, 15) is 14.7 Å². The topological polar surface area (TPSA) is 75.6 Å². The number of methoxy groups -OCH3 is 1. The lowest BCUT2D eigenvalue weighted by molar-refractivity contribution is -0.149. The molecule has 1 aromatic rings. The number of carboxylic acids is 1. The molecule has 2 N–H and O–H groups in total. The van der Waals surface area contributed by atoms with Crippen LogP contribution in [0.15, 0.2) is 24.3 Å². The van der Waals surface area contributed by atoms with Gasteiger partial charge in [-0.15, -0.1) is 0 Å². The molecule has 0 aliphatic heterocycles. The molecule has 5 nitrogen and oxygen atoms in total. The Morgan fingerprint density at radius 1 is 1.27 bits per heavy atom. The average Bonchev–Trinajstić information content (AvgIpc) is 2.54. The van der Waals surface area contributed by atoms with Crippen LogP contribution in [0, 0.1) is 11.8 Å². The average molecular weight is 305 g/mol. The first-order valence-corrected chi connectivity index (χ1v) is 7.70. The van der Waals surface area contributed by atoms with Crippen LogP contribution in [0.3, 0.4) is 0 Å². The molecule has 0 bridgehead atoms. The number of hydrogen-bond donors (Lipinski definition) is 2. The highest BCUT2D eigenvalue weighted by molar-refractivity contribution is 5.85. The summed E-state index contributed by atoms with van der Waals surface area (Å²) in [7, 11) is 1.60. The Morgan fingerprint density at radius 2 is 1.95 bits per heavy atom. The van der Waals surface area contributed by atoms with Crippen molar-refractivity contribution in [1.82, 2.24) is 5.32 Å². The van der Waals surface area contributed by atoms with Gasteiger partial charge in [0.05, 0.1) is 25.0 Å². The van der Waals surface area contributed by atoms with Gasteiger partial charge in [-0.2, -0.15) is 0 Å². The molecule has 0 saturated heterocycles. The summed E-state index contributed by atoms with van der Waals surface area (Å²) in [4.78, 5) is 23.8. The minimum absolute atomic E-state index is 0.164. The van der Waals surface area contributed by atoms with E-state index in [0.29, 0.717) is 12.8 Å². The molecule has 1 fully saturated rings. The lowest BCUT2D eigenvalue weighted by atomic mass is 9.78. The highest BCUT2D eigenvalue weighted by Gasteiger charge is 2.36. The first kappa shape index (κ1) is 16.3. The number of carbonyl (C=O) groups excluding carboxylic acids is 1. The summed E-state index contributed by atoms with van der Waals surface area (Å²) in [6.45, 7) is 1.89. The fraction of sp³-hybridized carbons (Fsp3) is 0.529. The summed E-state index contributed by atoms with van der Waals surface area (Å²) in [6.07, 6.45) is 3.02. The fourth-order valence-corrected chi connectivity index (χ4v) is 3.05. The van der Waals surface area contributed by atoms with E-state index in [1.807, 2.05) is 31.2 Å². The Kier molecular flexibility index (Phi) is 5.41. The van der Waals surface area contributed by atoms with Crippen LogP contribution in [0.4, 0.5) is 0 Å². The number of aliphatic carboxylic acids is 1. The van der Waals surface area contributed by atoms with Gasteiger partial charge in [-0.3, -0.25) is 9.59 Å². The van der Waals surface area contributed by atoms with Gasteiger partial charge in [0.1, 0.15) is 5.75 Å². The third-order valence-electron chi connectivity index (χ3n) is 4.37. The van der Waals surface area contributed by atoms with Gasteiger partial charge in [-0.25, -0.2) is 0 Å². The second-order valence-corrected chi connectivity index (χ2v) is 5.84. The molecule has 1 saturated carbocycles. The number of benzene rings is 1. The normalized spacial score (nSPS) is 22.6. The second-order valence-electron chi connectivity index (χ2n) is 5.84. The zero-order valence-corrected chi connectivity index (χ0v) is 13.0. The molecular formula is C17H23NO4. The molecule has 1 aromatic carbocycles. The number of ether oxygens (including phenoxy) is 1. The molecule has 2 rings (SSSR count). The Bertz CT molecular complexity index is 543. The smallest absolute Gasteiger partial charge is 0.307 e. The van der Waals surface area contributed by atoms with Gasteiger partial charge < -0.3 is 15.2 Å². The van der Waals surface area contributed by atoms with Gasteiger partial charge in [-0.05, 0) is 37.5 Å². The van der Waals surface area contributed by atoms with Crippen molar-refractivity contribution in [3.63, 3.8) is 0 Å². The summed E-state index contributed by atoms with van der Waals surface area (Å²) in [6, 6.07) is 7.33. The van der Waals surface area contributed by atoms with Crippen LogP contribution in [0.1, 0.15) is 44.2 Å². The molecular weight excluding hydrogens is 282 g/mol. The monoisotopic (exact) mass is 305 g/mol. The van der Waals surface area contributed by atoms with E-state index in [1.165, 1.54) is 0 Å². The van der Waals surface area contributed by atoms with Crippen LogP contribution in [-0.4, -0.2) is 24.1 Å². The van der Waals surface area contributed by atoms with Gasteiger partial charge >= 0.3 is 5.97 Å². The molecule has 22 heavy (non-hydrogen) atoms. The van der Waals surface area contributed by atoms with Crippen LogP contribution in [-0.2, 0) is 9.59 Å².